The number of likely N-dealkylation sites (tertiary alicyclic amines) is 1. The van der Waals surface area contributed by atoms with Crippen LogP contribution in [0.3, 0.4) is 0 Å². The van der Waals surface area contributed by atoms with Gasteiger partial charge in [0.25, 0.3) is 0 Å². The number of hydrogen-bond acceptors (Lipinski definition) is 3. The molecule has 5 heteroatoms. The van der Waals surface area contributed by atoms with Crippen molar-refractivity contribution in [2.24, 2.45) is 17.6 Å². The van der Waals surface area contributed by atoms with Crippen LogP contribution in [0.2, 0.25) is 0 Å². The lowest BCUT2D eigenvalue weighted by molar-refractivity contribution is -0.123. The molecule has 2 unspecified atom stereocenters. The van der Waals surface area contributed by atoms with E-state index in [0.29, 0.717) is 10.9 Å². The number of nitrogens with two attached hydrogens (primary N) is 1. The molecule has 1 aliphatic rings. The van der Waals surface area contributed by atoms with Gasteiger partial charge in [-0.3, -0.25) is 4.79 Å². The maximum Gasteiger partial charge on any atom is 0.229 e. The first-order chi connectivity index (χ1) is 8.58. The van der Waals surface area contributed by atoms with Crippen molar-refractivity contribution in [1.82, 2.24) is 10.2 Å². The second kappa shape index (κ2) is 7.69. The molecular weight excluding hydrogens is 246 g/mol. The maximum atomic E-state index is 12.0. The van der Waals surface area contributed by atoms with Crippen molar-refractivity contribution in [2.45, 2.75) is 33.1 Å². The van der Waals surface area contributed by atoms with Gasteiger partial charge in [0.15, 0.2) is 0 Å². The molecule has 2 atom stereocenters. The smallest absolute Gasteiger partial charge is 0.229 e. The Morgan fingerprint density at radius 1 is 1.56 bits per heavy atom. The Balaban J connectivity index is 2.33. The van der Waals surface area contributed by atoms with E-state index >= 15 is 0 Å². The van der Waals surface area contributed by atoms with Gasteiger partial charge in [0.2, 0.25) is 5.91 Å². The molecule has 1 amide bonds. The van der Waals surface area contributed by atoms with Gasteiger partial charge in [-0.2, -0.15) is 0 Å². The number of amides is 1. The quantitative estimate of drug-likeness (QED) is 0.682. The summed E-state index contributed by atoms with van der Waals surface area (Å²) in [6.07, 6.45) is 2.83. The van der Waals surface area contributed by atoms with Crippen molar-refractivity contribution in [2.75, 3.05) is 26.2 Å². The minimum absolute atomic E-state index is 0.000650. The van der Waals surface area contributed by atoms with E-state index in [1.54, 1.807) is 0 Å². The predicted octanol–water partition coefficient (Wildman–Crippen LogP) is 1.15. The Morgan fingerprint density at radius 2 is 2.28 bits per heavy atom. The van der Waals surface area contributed by atoms with Gasteiger partial charge in [-0.1, -0.05) is 32.5 Å². The van der Waals surface area contributed by atoms with Gasteiger partial charge in [-0.15, -0.1) is 0 Å². The molecule has 0 spiro atoms. The van der Waals surface area contributed by atoms with E-state index in [9.17, 15) is 4.79 Å². The summed E-state index contributed by atoms with van der Waals surface area (Å²) in [5, 5.41) is 3.00. The Bertz CT molecular complexity index is 296. The molecule has 0 aromatic heterocycles. The summed E-state index contributed by atoms with van der Waals surface area (Å²) in [5.41, 5.74) is 5.61. The molecule has 1 heterocycles. The van der Waals surface area contributed by atoms with Gasteiger partial charge < -0.3 is 16.0 Å². The molecule has 0 radical (unpaired) electrons. The summed E-state index contributed by atoms with van der Waals surface area (Å²) in [6, 6.07) is 0. The van der Waals surface area contributed by atoms with Crippen molar-refractivity contribution < 1.29 is 4.79 Å². The fraction of sp³-hybridized carbons (Fsp3) is 0.846. The minimum atomic E-state index is -0.298. The Labute approximate surface area is 115 Å². The number of hydrogen-bond donors (Lipinski definition) is 2. The molecule has 0 aromatic rings. The number of thiocarbonyl (C=S) groups is 1. The van der Waals surface area contributed by atoms with Crippen molar-refractivity contribution in [3.8, 4) is 0 Å². The van der Waals surface area contributed by atoms with E-state index in [4.69, 9.17) is 18.0 Å². The number of nitrogens with zero attached hydrogens (tertiary/aromatic N) is 1. The van der Waals surface area contributed by atoms with Crippen LogP contribution in [-0.2, 0) is 4.79 Å². The van der Waals surface area contributed by atoms with Gasteiger partial charge in [0.05, 0.1) is 10.9 Å². The first-order valence-electron chi connectivity index (χ1n) is 6.87. The van der Waals surface area contributed by atoms with Crippen molar-refractivity contribution in [1.29, 1.82) is 0 Å². The fourth-order valence-corrected chi connectivity index (χ4v) is 2.65. The summed E-state index contributed by atoms with van der Waals surface area (Å²) < 4.78 is 0. The Morgan fingerprint density at radius 3 is 2.78 bits per heavy atom. The number of rotatable bonds is 7. The standard InChI is InChI=1S/C13H25N3OS/c1-3-5-11(12(14)18)13(17)15-8-10-6-7-16(4-2)9-10/h10-11H,3-9H2,1-2H3,(H2,14,18)(H,15,17). The third-order valence-electron chi connectivity index (χ3n) is 3.62. The highest BCUT2D eigenvalue weighted by atomic mass is 32.1. The third kappa shape index (κ3) is 4.53. The molecule has 0 bridgehead atoms. The topological polar surface area (TPSA) is 58.4 Å². The van der Waals surface area contributed by atoms with Crippen molar-refractivity contribution >= 4 is 23.1 Å². The van der Waals surface area contributed by atoms with Gasteiger partial charge in [0, 0.05) is 13.1 Å². The molecular formula is C13H25N3OS. The van der Waals surface area contributed by atoms with Crippen LogP contribution in [0.25, 0.3) is 0 Å². The highest BCUT2D eigenvalue weighted by molar-refractivity contribution is 7.80. The van der Waals surface area contributed by atoms with Crippen LogP contribution in [-0.4, -0.2) is 42.0 Å². The Hall–Kier alpha value is -0.680. The highest BCUT2D eigenvalue weighted by Gasteiger charge is 2.24. The molecule has 4 nitrogen and oxygen atoms in total. The van der Waals surface area contributed by atoms with Crippen molar-refractivity contribution in [3.63, 3.8) is 0 Å². The van der Waals surface area contributed by atoms with E-state index in [-0.39, 0.29) is 11.8 Å². The zero-order chi connectivity index (χ0) is 13.5. The lowest BCUT2D eigenvalue weighted by atomic mass is 10.0. The average molecular weight is 271 g/mol. The van der Waals surface area contributed by atoms with E-state index in [0.717, 1.165) is 39.0 Å². The Kier molecular flexibility index (Phi) is 6.57. The number of carbonyl (C=O) groups is 1. The van der Waals surface area contributed by atoms with Crippen LogP contribution < -0.4 is 11.1 Å². The normalized spacial score (nSPS) is 21.8. The van der Waals surface area contributed by atoms with Crippen LogP contribution in [0.15, 0.2) is 0 Å². The molecule has 1 saturated heterocycles. The minimum Gasteiger partial charge on any atom is -0.393 e. The van der Waals surface area contributed by atoms with Crippen LogP contribution in [0.5, 0.6) is 0 Å². The van der Waals surface area contributed by atoms with Gasteiger partial charge in [0.1, 0.15) is 0 Å². The van der Waals surface area contributed by atoms with E-state index < -0.39 is 0 Å². The lowest BCUT2D eigenvalue weighted by Gasteiger charge is -2.17. The summed E-state index contributed by atoms with van der Waals surface area (Å²) in [4.78, 5) is 14.7. The summed E-state index contributed by atoms with van der Waals surface area (Å²) in [7, 11) is 0. The van der Waals surface area contributed by atoms with Gasteiger partial charge in [-0.25, -0.2) is 0 Å². The molecule has 0 aromatic carbocycles. The number of carbonyl (C=O) groups excluding carboxylic acids is 1. The van der Waals surface area contributed by atoms with Gasteiger partial charge >= 0.3 is 0 Å². The van der Waals surface area contributed by atoms with E-state index in [2.05, 4.69) is 17.1 Å². The second-order valence-corrected chi connectivity index (χ2v) is 5.51. The molecule has 1 aliphatic heterocycles. The van der Waals surface area contributed by atoms with E-state index in [1.807, 2.05) is 6.92 Å². The van der Waals surface area contributed by atoms with Gasteiger partial charge in [-0.05, 0) is 31.8 Å². The summed E-state index contributed by atoms with van der Waals surface area (Å²) >= 11 is 4.95. The summed E-state index contributed by atoms with van der Waals surface area (Å²) in [6.45, 7) is 8.28. The SMILES string of the molecule is CCCC(C(=O)NCC1CCN(CC)C1)C(N)=S. The van der Waals surface area contributed by atoms with Crippen LogP contribution in [0, 0.1) is 11.8 Å². The van der Waals surface area contributed by atoms with Crippen LogP contribution in [0.1, 0.15) is 33.1 Å². The van der Waals surface area contributed by atoms with Crippen molar-refractivity contribution in [3.05, 3.63) is 0 Å². The zero-order valence-corrected chi connectivity index (χ0v) is 12.3. The monoisotopic (exact) mass is 271 g/mol. The highest BCUT2D eigenvalue weighted by Crippen LogP contribution is 2.15. The predicted molar refractivity (Wildman–Crippen MR) is 78.4 cm³/mol. The fourth-order valence-electron chi connectivity index (χ4n) is 2.43. The molecule has 1 rings (SSSR count). The molecule has 3 N–H and O–H groups in total. The third-order valence-corrected chi connectivity index (χ3v) is 3.90. The molecule has 0 saturated carbocycles. The van der Waals surface area contributed by atoms with E-state index in [1.165, 1.54) is 6.42 Å². The molecule has 1 fully saturated rings. The molecule has 104 valence electrons. The van der Waals surface area contributed by atoms with Crippen LogP contribution >= 0.6 is 12.2 Å². The lowest BCUT2D eigenvalue weighted by Crippen LogP contribution is -2.40. The average Bonchev–Trinajstić information content (AvgIpc) is 2.80. The number of nitrogens with one attached hydrogen (secondary N) is 1. The zero-order valence-electron chi connectivity index (χ0n) is 11.4. The summed E-state index contributed by atoms with van der Waals surface area (Å²) in [5.74, 6) is 0.274. The maximum absolute atomic E-state index is 12.0. The van der Waals surface area contributed by atoms with Crippen LogP contribution in [0.4, 0.5) is 0 Å². The molecule has 0 aliphatic carbocycles. The first kappa shape index (κ1) is 15.4. The second-order valence-electron chi connectivity index (χ2n) is 5.04. The first-order valence-corrected chi connectivity index (χ1v) is 7.28. The largest absolute Gasteiger partial charge is 0.393 e. The molecule has 18 heavy (non-hydrogen) atoms.